The highest BCUT2D eigenvalue weighted by Crippen LogP contribution is 2.49. The number of carbonyl (C=O) groups excluding carboxylic acids is 6. The minimum absolute atomic E-state index is 0.0168. The van der Waals surface area contributed by atoms with E-state index in [0.29, 0.717) is 45.4 Å². The first-order chi connectivity index (χ1) is 61.9. The Morgan fingerprint density at radius 3 is 1.13 bits per heavy atom. The van der Waals surface area contributed by atoms with E-state index in [4.69, 9.17) is 47.7 Å². The molecule has 3 aromatic heterocycles. The fraction of sp³-hybridized carbons (Fsp3) is 0.649. The van der Waals surface area contributed by atoms with Gasteiger partial charge >= 0.3 is 36.6 Å². The SMILES string of the molecule is CC(C)(C)OC(=O)N1CC[C@H](O)[C@@H](F)C1.COC(=O)N1c2ccc(-c3cn[nH]c3)c(OC3CCC3)c2CC[C@@H]1C.COC(=O)N1c2ccc(-c3cnn([C@@H]4CCN(C(=O)OC(C)(C)C)C[C@@H]4F)c3)c(OC3CCC3)c2CC[C@@H]1C.COC(=O)N1c2ccc(-c3cnn([C@@H]4CCNC[C@@H]4F)c3)c(OC3CCC3)c2CC[C@@H]1C.CS(=O)(=O)Cl.C[C@H]1CCN(C(=O)OC(C)(C)C)C[C@@H]1F. The molecule has 37 heteroatoms. The Balaban J connectivity index is 0.000000163. The normalized spacial score (nSPS) is 23.9. The number of alkyl halides is 4. The molecule has 3 aliphatic carbocycles. The van der Waals surface area contributed by atoms with Gasteiger partial charge in [-0.1, -0.05) is 6.92 Å². The van der Waals surface area contributed by atoms with Gasteiger partial charge in [0.25, 0.3) is 0 Å². The van der Waals surface area contributed by atoms with Crippen LogP contribution in [0.25, 0.3) is 33.4 Å². The molecule has 0 unspecified atom stereocenters. The number of carbonyl (C=O) groups is 6. The Morgan fingerprint density at radius 2 is 0.809 bits per heavy atom. The molecule has 6 aromatic rings. The van der Waals surface area contributed by atoms with Gasteiger partial charge in [0, 0.05) is 124 Å². The van der Waals surface area contributed by atoms with E-state index in [1.54, 1.807) is 84.2 Å². The van der Waals surface area contributed by atoms with Gasteiger partial charge in [-0.15, -0.1) is 0 Å². The molecule has 31 nitrogen and oxygen atoms in total. The van der Waals surface area contributed by atoms with Crippen molar-refractivity contribution < 1.29 is 102 Å². The molecule has 11 atom stereocenters. The summed E-state index contributed by atoms with van der Waals surface area (Å²) in [6.07, 6.45) is 21.5. The molecule has 0 bridgehead atoms. The molecule has 4 saturated heterocycles. The van der Waals surface area contributed by atoms with Crippen LogP contribution >= 0.6 is 10.7 Å². The number of hydrogen-bond acceptors (Lipinski definition) is 22. The number of rotatable bonds is 11. The fourth-order valence-corrected chi connectivity index (χ4v) is 17.0. The third-order valence-electron chi connectivity index (χ3n) is 24.9. The number of aliphatic hydroxyl groups is 1. The highest BCUT2D eigenvalue weighted by atomic mass is 35.7. The number of nitrogens with zero attached hydrogens (tertiary/aromatic N) is 11. The Hall–Kier alpha value is -9.81. The van der Waals surface area contributed by atoms with Crippen LogP contribution in [-0.2, 0) is 56.7 Å². The Kier molecular flexibility index (Phi) is 34.4. The lowest BCUT2D eigenvalue weighted by Crippen LogP contribution is -2.48. The van der Waals surface area contributed by atoms with Crippen molar-refractivity contribution in [3.8, 4) is 50.6 Å². The monoisotopic (exact) mass is 1880 g/mol. The van der Waals surface area contributed by atoms with Crippen molar-refractivity contribution >= 4 is 73.4 Å². The average Bonchev–Trinajstić information content (AvgIpc) is 1.76. The first-order valence-electron chi connectivity index (χ1n) is 45.9. The summed E-state index contributed by atoms with van der Waals surface area (Å²) in [7, 11) is 5.54. The third kappa shape index (κ3) is 26.8. The van der Waals surface area contributed by atoms with Gasteiger partial charge in [0.1, 0.15) is 58.7 Å². The van der Waals surface area contributed by atoms with Crippen molar-refractivity contribution in [2.75, 3.05) is 94.6 Å². The topological polar surface area (TPSA) is 336 Å². The number of halogens is 5. The second-order valence-corrected chi connectivity index (χ2v) is 41.5. The zero-order valence-corrected chi connectivity index (χ0v) is 80.3. The average molecular weight is 1880 g/mol. The summed E-state index contributed by atoms with van der Waals surface area (Å²) in [5, 5.41) is 28.2. The minimum Gasteiger partial charge on any atom is -0.489 e. The maximum atomic E-state index is 15.3. The number of likely N-dealkylation sites (tertiary alicyclic amines) is 3. The van der Waals surface area contributed by atoms with Crippen LogP contribution in [0.5, 0.6) is 17.2 Å². The quantitative estimate of drug-likeness (QED) is 0.0616. The standard InChI is InChI=1S/C29H39FN4O5.C24H31FN4O3.C19H23N3O3.C11H20FNO2.C10H18FNO3.CH3ClO2S/c1-18-9-10-22-24(34(18)28(36)37-5)12-11-21(26(22)38-20-7-6-8-20)19-15-31-33(16-19)25-13-14-32(17-23(25)30)27(35)39-29(2,3)4;1-15-6-7-19-21(29(15)24(30)31-2)9-8-18(23(19)32-17-4-3-5-17)16-12-27-28(14-16)22-10-11-26-13-20(22)25;1-12-6-7-16-17(22(12)19(23)24-2)9-8-15(13-10-20-21-11-13)18(16)25-14-4-3-5-14;1-8-5-6-13(7-9(8)12)10(14)15-11(2,3)4;1-10(2,3)15-9(14)12-5-4-8(13)7(11)6-12;1-5(2,3)4/h11-12,15-16,18,20,23,25H,6-10,13-14,17H2,1-5H3;8-9,12,14-15,17,20,22,26H,3-7,10-11,13H2,1-2H3;8-12,14H,3-7H2,1-2H3,(H,20,21);8-9H,5-7H2,1-4H3;7-8,13H,4-6H2,1-3H3;1H3/t18-,23-,25+;15-,20-,22+;12-;8-,9-;7-,8-;/m00000./s1. The summed E-state index contributed by atoms with van der Waals surface area (Å²) in [6, 6.07) is 11.3. The summed E-state index contributed by atoms with van der Waals surface area (Å²) in [4.78, 5) is 82.3. The van der Waals surface area contributed by atoms with E-state index < -0.39 is 81.0 Å². The molecule has 6 amide bonds. The lowest BCUT2D eigenvalue weighted by atomic mass is 9.91. The molecular formula is C94H134ClF4N13O18S. The molecule has 10 aliphatic rings. The van der Waals surface area contributed by atoms with Crippen molar-refractivity contribution in [2.24, 2.45) is 5.92 Å². The van der Waals surface area contributed by atoms with Crippen LogP contribution in [0.3, 0.4) is 0 Å². The number of H-pyrrole nitrogens is 1. The number of nitrogens with one attached hydrogen (secondary N) is 2. The predicted octanol–water partition coefficient (Wildman–Crippen LogP) is 18.2. The van der Waals surface area contributed by atoms with Gasteiger partial charge in [0.2, 0.25) is 9.05 Å². The Labute approximate surface area is 771 Å². The second-order valence-electron chi connectivity index (χ2n) is 38.5. The number of anilines is 3. The van der Waals surface area contributed by atoms with Gasteiger partial charge in [0.15, 0.2) is 0 Å². The first kappa shape index (κ1) is 102. The largest absolute Gasteiger partial charge is 0.489 e. The van der Waals surface area contributed by atoms with Crippen molar-refractivity contribution in [3.63, 3.8) is 0 Å². The summed E-state index contributed by atoms with van der Waals surface area (Å²) in [5.41, 5.74) is 9.57. The van der Waals surface area contributed by atoms with Gasteiger partial charge in [-0.25, -0.2) is 54.7 Å². The van der Waals surface area contributed by atoms with Gasteiger partial charge < -0.3 is 67.8 Å². The molecule has 3 saturated carbocycles. The predicted molar refractivity (Wildman–Crippen MR) is 490 cm³/mol. The third-order valence-corrected chi connectivity index (χ3v) is 24.9. The van der Waals surface area contributed by atoms with Crippen LogP contribution in [0.1, 0.15) is 222 Å². The van der Waals surface area contributed by atoms with Crippen LogP contribution in [0.4, 0.5) is 63.4 Å². The number of fused-ring (bicyclic) bond motifs is 3. The molecule has 0 spiro atoms. The summed E-state index contributed by atoms with van der Waals surface area (Å²) >= 11 is 0. The highest BCUT2D eigenvalue weighted by molar-refractivity contribution is 8.13. The van der Waals surface area contributed by atoms with Gasteiger partial charge in [-0.3, -0.25) is 29.2 Å². The van der Waals surface area contributed by atoms with Gasteiger partial charge in [-0.05, 0) is 254 Å². The molecule has 724 valence electrons. The number of aromatic amines is 1. The summed E-state index contributed by atoms with van der Waals surface area (Å²) in [6.45, 7) is 26.6. The van der Waals surface area contributed by atoms with E-state index in [-0.39, 0.29) is 92.7 Å². The molecule has 0 radical (unpaired) electrons. The molecule has 7 aliphatic heterocycles. The summed E-state index contributed by atoms with van der Waals surface area (Å²) < 4.78 is 129. The number of amides is 6. The van der Waals surface area contributed by atoms with Crippen LogP contribution in [0.2, 0.25) is 0 Å². The van der Waals surface area contributed by atoms with Crippen molar-refractivity contribution in [1.29, 1.82) is 0 Å². The summed E-state index contributed by atoms with van der Waals surface area (Å²) in [5.74, 6) is 2.54. The van der Waals surface area contributed by atoms with E-state index in [0.717, 1.165) is 181 Å². The van der Waals surface area contributed by atoms with Gasteiger partial charge in [0.05, 0.1) is 119 Å². The molecular weight excluding hydrogens is 1740 g/mol. The van der Waals surface area contributed by atoms with E-state index in [1.165, 1.54) is 48.9 Å². The lowest BCUT2D eigenvalue weighted by molar-refractivity contribution is -0.0176. The molecule has 16 rings (SSSR count). The minimum atomic E-state index is -3.19. The smallest absolute Gasteiger partial charge is 0.414 e. The van der Waals surface area contributed by atoms with E-state index >= 15 is 4.39 Å². The second kappa shape index (κ2) is 44.4. The first-order valence-corrected chi connectivity index (χ1v) is 48.6. The van der Waals surface area contributed by atoms with E-state index in [2.05, 4.69) is 43.3 Å². The van der Waals surface area contributed by atoms with E-state index in [1.807, 2.05) is 96.5 Å². The van der Waals surface area contributed by atoms with Crippen molar-refractivity contribution in [3.05, 3.63) is 90.3 Å². The maximum Gasteiger partial charge on any atom is 0.414 e. The number of methoxy groups -OCH3 is 3. The zero-order chi connectivity index (χ0) is 95.3. The van der Waals surface area contributed by atoms with Gasteiger partial charge in [-0.2, -0.15) is 15.3 Å². The Bertz CT molecular complexity index is 4920. The van der Waals surface area contributed by atoms with Crippen LogP contribution in [0, 0.1) is 5.92 Å². The van der Waals surface area contributed by atoms with Crippen LogP contribution < -0.4 is 34.2 Å². The number of ether oxygens (including phenoxy) is 9. The molecule has 3 aromatic carbocycles. The maximum absolute atomic E-state index is 15.3. The van der Waals surface area contributed by atoms with Crippen molar-refractivity contribution in [2.45, 2.75) is 308 Å². The number of aromatic nitrogens is 6. The molecule has 3 N–H and O–H groups in total. The van der Waals surface area contributed by atoms with Crippen LogP contribution in [0.15, 0.2) is 73.6 Å². The van der Waals surface area contributed by atoms with Crippen LogP contribution in [-0.4, -0.2) is 259 Å². The zero-order valence-electron chi connectivity index (χ0n) is 78.7. The number of aliphatic hydroxyl groups excluding tert-OH is 1. The van der Waals surface area contributed by atoms with E-state index in [9.17, 15) is 50.4 Å². The number of piperidine rings is 4. The van der Waals surface area contributed by atoms with Crippen molar-refractivity contribution in [1.82, 2.24) is 49.8 Å². The highest BCUT2D eigenvalue weighted by Gasteiger charge is 2.42. The lowest BCUT2D eigenvalue weighted by Gasteiger charge is -2.37. The molecule has 10 heterocycles. The Morgan fingerprint density at radius 1 is 0.458 bits per heavy atom. The number of hydrogen-bond donors (Lipinski definition) is 3. The molecule has 131 heavy (non-hydrogen) atoms. The fourth-order valence-electron chi connectivity index (χ4n) is 17.0. The molecule has 7 fully saturated rings. The number of benzene rings is 3.